The monoisotopic (exact) mass is 236 g/mol. The van der Waals surface area contributed by atoms with E-state index >= 15 is 0 Å². The summed E-state index contributed by atoms with van der Waals surface area (Å²) in [5.74, 6) is -4.88. The average Bonchev–Trinajstić information content (AvgIpc) is 2.62. The van der Waals surface area contributed by atoms with Gasteiger partial charge in [0.1, 0.15) is 5.58 Å². The first-order valence-corrected chi connectivity index (χ1v) is 4.25. The Morgan fingerprint density at radius 1 is 0.938 bits per heavy atom. The maximum atomic E-state index is 13.1. The number of fused-ring (bicyclic) bond motifs is 1. The molecule has 2 rings (SSSR count). The van der Waals surface area contributed by atoms with E-state index in [1.165, 1.54) is 6.07 Å². The summed E-state index contributed by atoms with van der Waals surface area (Å²) >= 11 is 0. The van der Waals surface area contributed by atoms with Crippen LogP contribution in [0.3, 0.4) is 0 Å². The van der Waals surface area contributed by atoms with Crippen molar-refractivity contribution in [2.24, 2.45) is 0 Å². The third kappa shape index (κ3) is 1.45. The quantitative estimate of drug-likeness (QED) is 0.680. The maximum Gasteiger partial charge on any atom is 0.458 e. The van der Waals surface area contributed by atoms with Crippen molar-refractivity contribution in [2.45, 2.75) is 12.1 Å². The fourth-order valence-electron chi connectivity index (χ4n) is 1.42. The molecule has 0 saturated carbocycles. The highest BCUT2D eigenvalue weighted by molar-refractivity contribution is 5.81. The lowest BCUT2D eigenvalue weighted by Crippen LogP contribution is -2.33. The van der Waals surface area contributed by atoms with Crippen LogP contribution in [0.1, 0.15) is 5.56 Å². The summed E-state index contributed by atoms with van der Waals surface area (Å²) in [6, 6.07) is 4.25. The number of alkyl halides is 5. The Kier molecular flexibility index (Phi) is 2.18. The van der Waals surface area contributed by atoms with Crippen molar-refractivity contribution in [3.05, 3.63) is 36.1 Å². The van der Waals surface area contributed by atoms with Crippen molar-refractivity contribution >= 4 is 11.0 Å². The molecule has 0 spiro atoms. The van der Waals surface area contributed by atoms with E-state index in [9.17, 15) is 22.0 Å². The highest BCUT2D eigenvalue weighted by Crippen LogP contribution is 2.46. The van der Waals surface area contributed by atoms with Gasteiger partial charge in [-0.3, -0.25) is 0 Å². The lowest BCUT2D eigenvalue weighted by atomic mass is 10.0. The normalized spacial score (nSPS) is 13.3. The van der Waals surface area contributed by atoms with E-state index in [-0.39, 0.29) is 11.0 Å². The molecular formula is C10H5F5O. The van der Waals surface area contributed by atoms with Crippen molar-refractivity contribution < 1.29 is 26.4 Å². The van der Waals surface area contributed by atoms with Crippen LogP contribution in [0.4, 0.5) is 22.0 Å². The van der Waals surface area contributed by atoms with Crippen LogP contribution >= 0.6 is 0 Å². The topological polar surface area (TPSA) is 13.1 Å². The third-order valence-corrected chi connectivity index (χ3v) is 2.19. The lowest BCUT2D eigenvalue weighted by Gasteiger charge is -2.20. The summed E-state index contributed by atoms with van der Waals surface area (Å²) in [6.07, 6.45) is -4.54. The van der Waals surface area contributed by atoms with Gasteiger partial charge in [0.15, 0.2) is 0 Å². The van der Waals surface area contributed by atoms with Gasteiger partial charge in [0.05, 0.1) is 6.26 Å². The minimum Gasteiger partial charge on any atom is -0.464 e. The number of benzene rings is 1. The van der Waals surface area contributed by atoms with E-state index in [1.54, 1.807) is 0 Å². The molecule has 0 bridgehead atoms. The van der Waals surface area contributed by atoms with Gasteiger partial charge in [-0.15, -0.1) is 0 Å². The van der Waals surface area contributed by atoms with Gasteiger partial charge in [0.2, 0.25) is 0 Å². The summed E-state index contributed by atoms with van der Waals surface area (Å²) in [5.41, 5.74) is -1.09. The number of halogens is 5. The van der Waals surface area contributed by atoms with E-state index in [0.29, 0.717) is 0 Å². The predicted molar refractivity (Wildman–Crippen MR) is 46.2 cm³/mol. The van der Waals surface area contributed by atoms with Crippen LogP contribution in [0.2, 0.25) is 0 Å². The fraction of sp³-hybridized carbons (Fsp3) is 0.200. The fourth-order valence-corrected chi connectivity index (χ4v) is 1.42. The molecule has 0 amide bonds. The molecule has 16 heavy (non-hydrogen) atoms. The zero-order valence-electron chi connectivity index (χ0n) is 7.68. The summed E-state index contributed by atoms with van der Waals surface area (Å²) < 4.78 is 67.5. The molecule has 0 unspecified atom stereocenters. The first-order chi connectivity index (χ1) is 7.34. The van der Waals surface area contributed by atoms with Gasteiger partial charge in [-0.25, -0.2) is 0 Å². The van der Waals surface area contributed by atoms with Crippen LogP contribution < -0.4 is 0 Å². The summed E-state index contributed by atoms with van der Waals surface area (Å²) in [6.45, 7) is 0. The molecule has 6 heteroatoms. The SMILES string of the molecule is FC(F)(F)C(F)(F)c1cccc2occc12. The van der Waals surface area contributed by atoms with Gasteiger partial charge in [0, 0.05) is 10.9 Å². The summed E-state index contributed by atoms with van der Waals surface area (Å²) in [7, 11) is 0. The number of furan rings is 1. The summed E-state index contributed by atoms with van der Waals surface area (Å²) in [5, 5.41) is -0.232. The first-order valence-electron chi connectivity index (χ1n) is 4.25. The summed E-state index contributed by atoms with van der Waals surface area (Å²) in [4.78, 5) is 0. The van der Waals surface area contributed by atoms with Crippen molar-refractivity contribution in [3.63, 3.8) is 0 Å². The minimum absolute atomic E-state index is 0.00132. The molecule has 0 fully saturated rings. The Labute approximate surface area is 86.5 Å². The van der Waals surface area contributed by atoms with Crippen LogP contribution in [0, 0.1) is 0 Å². The van der Waals surface area contributed by atoms with E-state index in [1.807, 2.05) is 0 Å². The third-order valence-electron chi connectivity index (χ3n) is 2.19. The van der Waals surface area contributed by atoms with Crippen LogP contribution in [0.5, 0.6) is 0 Å². The number of rotatable bonds is 1. The number of hydrogen-bond acceptors (Lipinski definition) is 1. The van der Waals surface area contributed by atoms with Crippen molar-refractivity contribution in [1.82, 2.24) is 0 Å². The van der Waals surface area contributed by atoms with Gasteiger partial charge in [-0.1, -0.05) is 12.1 Å². The molecule has 1 heterocycles. The van der Waals surface area contributed by atoms with Gasteiger partial charge < -0.3 is 4.42 Å². The maximum absolute atomic E-state index is 13.1. The van der Waals surface area contributed by atoms with Crippen LogP contribution in [0.15, 0.2) is 34.9 Å². The number of hydrogen-bond donors (Lipinski definition) is 0. The average molecular weight is 236 g/mol. The highest BCUT2D eigenvalue weighted by Gasteiger charge is 2.59. The van der Waals surface area contributed by atoms with E-state index < -0.39 is 17.7 Å². The molecule has 0 atom stereocenters. The van der Waals surface area contributed by atoms with Crippen LogP contribution in [0.25, 0.3) is 11.0 Å². The van der Waals surface area contributed by atoms with Crippen molar-refractivity contribution in [2.75, 3.05) is 0 Å². The van der Waals surface area contributed by atoms with E-state index in [2.05, 4.69) is 0 Å². The molecular weight excluding hydrogens is 231 g/mol. The Bertz CT molecular complexity index is 511. The Balaban J connectivity index is 2.68. The Morgan fingerprint density at radius 3 is 2.25 bits per heavy atom. The lowest BCUT2D eigenvalue weighted by molar-refractivity contribution is -0.288. The van der Waals surface area contributed by atoms with Gasteiger partial charge in [-0.05, 0) is 12.1 Å². The van der Waals surface area contributed by atoms with Gasteiger partial charge in [-0.2, -0.15) is 22.0 Å². The molecule has 0 aliphatic heterocycles. The second-order valence-corrected chi connectivity index (χ2v) is 3.21. The molecule has 0 aliphatic rings. The van der Waals surface area contributed by atoms with Crippen molar-refractivity contribution in [1.29, 1.82) is 0 Å². The Morgan fingerprint density at radius 2 is 1.62 bits per heavy atom. The molecule has 1 nitrogen and oxygen atoms in total. The standard InChI is InChI=1S/C10H5F5O/c11-9(12,10(13,14)15)7-2-1-3-8-6(7)4-5-16-8/h1-5H. The smallest absolute Gasteiger partial charge is 0.458 e. The van der Waals surface area contributed by atoms with Crippen LogP contribution in [-0.2, 0) is 5.92 Å². The molecule has 2 aromatic rings. The van der Waals surface area contributed by atoms with Crippen LogP contribution in [-0.4, -0.2) is 6.18 Å². The molecule has 1 aromatic carbocycles. The van der Waals surface area contributed by atoms with E-state index in [0.717, 1.165) is 24.5 Å². The zero-order chi connectivity index (χ0) is 12.0. The van der Waals surface area contributed by atoms with Gasteiger partial charge >= 0.3 is 12.1 Å². The molecule has 86 valence electrons. The Hall–Kier alpha value is -1.59. The first kappa shape index (κ1) is 10.9. The van der Waals surface area contributed by atoms with Gasteiger partial charge in [0.25, 0.3) is 0 Å². The molecule has 0 N–H and O–H groups in total. The second-order valence-electron chi connectivity index (χ2n) is 3.21. The largest absolute Gasteiger partial charge is 0.464 e. The highest BCUT2D eigenvalue weighted by atomic mass is 19.4. The zero-order valence-corrected chi connectivity index (χ0v) is 7.68. The molecule has 0 aliphatic carbocycles. The molecule has 0 saturated heterocycles. The minimum atomic E-state index is -5.61. The second kappa shape index (κ2) is 3.20. The molecule has 0 radical (unpaired) electrons. The van der Waals surface area contributed by atoms with E-state index in [4.69, 9.17) is 4.42 Å². The predicted octanol–water partition coefficient (Wildman–Crippen LogP) is 4.09. The molecule has 1 aromatic heterocycles. The van der Waals surface area contributed by atoms with Crippen molar-refractivity contribution in [3.8, 4) is 0 Å².